The van der Waals surface area contributed by atoms with Crippen molar-refractivity contribution < 1.29 is 23.8 Å². The minimum absolute atomic E-state index is 0.142. The van der Waals surface area contributed by atoms with Crippen molar-refractivity contribution in [2.24, 2.45) is 0 Å². The predicted octanol–water partition coefficient (Wildman–Crippen LogP) is 2.41. The summed E-state index contributed by atoms with van der Waals surface area (Å²) in [7, 11) is 0. The molecule has 114 valence electrons. The maximum absolute atomic E-state index is 10.7. The SMILES string of the molecule is C=C(C)C(=O)OCC1CO1.C=C(C)C(=O)OCCCC. The van der Waals surface area contributed by atoms with Crippen molar-refractivity contribution in [3.8, 4) is 0 Å². The van der Waals surface area contributed by atoms with E-state index in [9.17, 15) is 9.59 Å². The zero-order chi connectivity index (χ0) is 15.5. The number of hydrogen-bond donors (Lipinski definition) is 0. The fourth-order valence-corrected chi connectivity index (χ4v) is 0.889. The first-order valence-electron chi connectivity index (χ1n) is 6.65. The Hall–Kier alpha value is -1.62. The van der Waals surface area contributed by atoms with E-state index in [4.69, 9.17) is 14.2 Å². The molecular formula is C15H24O5. The van der Waals surface area contributed by atoms with Crippen molar-refractivity contribution in [1.29, 1.82) is 0 Å². The van der Waals surface area contributed by atoms with E-state index in [-0.39, 0.29) is 18.0 Å². The van der Waals surface area contributed by atoms with Gasteiger partial charge in [0.25, 0.3) is 0 Å². The number of epoxide rings is 1. The standard InChI is InChI=1S/C8H14O2.C7H10O3/c1-4-5-6-10-8(9)7(2)3;1-5(2)7(8)10-4-6-3-9-6/h2,4-6H2,1,3H3;6H,1,3-4H2,2H3. The highest BCUT2D eigenvalue weighted by Gasteiger charge is 2.24. The number of esters is 2. The molecule has 1 unspecified atom stereocenters. The molecule has 0 bridgehead atoms. The molecule has 0 spiro atoms. The van der Waals surface area contributed by atoms with Crippen LogP contribution in [0, 0.1) is 0 Å². The summed E-state index contributed by atoms with van der Waals surface area (Å²) in [4.78, 5) is 21.4. The van der Waals surface area contributed by atoms with Crippen LogP contribution in [0.5, 0.6) is 0 Å². The molecule has 5 heteroatoms. The van der Waals surface area contributed by atoms with Gasteiger partial charge in [-0.25, -0.2) is 9.59 Å². The van der Waals surface area contributed by atoms with Crippen molar-refractivity contribution in [3.05, 3.63) is 24.3 Å². The maximum Gasteiger partial charge on any atom is 0.333 e. The monoisotopic (exact) mass is 284 g/mol. The largest absolute Gasteiger partial charge is 0.462 e. The van der Waals surface area contributed by atoms with Crippen molar-refractivity contribution >= 4 is 11.9 Å². The fourth-order valence-electron chi connectivity index (χ4n) is 0.889. The van der Waals surface area contributed by atoms with Gasteiger partial charge in [-0.1, -0.05) is 26.5 Å². The summed E-state index contributed by atoms with van der Waals surface area (Å²) in [5, 5.41) is 0. The second kappa shape index (κ2) is 10.2. The zero-order valence-corrected chi connectivity index (χ0v) is 12.6. The lowest BCUT2D eigenvalue weighted by atomic mass is 10.3. The first-order chi connectivity index (χ1) is 9.38. The van der Waals surface area contributed by atoms with Gasteiger partial charge in [-0.05, 0) is 20.3 Å². The van der Waals surface area contributed by atoms with Gasteiger partial charge in [-0.2, -0.15) is 0 Å². The van der Waals surface area contributed by atoms with E-state index in [0.29, 0.717) is 31.0 Å². The molecule has 0 aromatic carbocycles. The smallest absolute Gasteiger partial charge is 0.333 e. The summed E-state index contributed by atoms with van der Waals surface area (Å²) in [6, 6.07) is 0. The van der Waals surface area contributed by atoms with Gasteiger partial charge in [0.15, 0.2) is 0 Å². The molecule has 1 fully saturated rings. The molecule has 0 aromatic rings. The summed E-state index contributed by atoms with van der Waals surface area (Å²) < 4.78 is 14.4. The van der Waals surface area contributed by atoms with Crippen LogP contribution in [-0.4, -0.2) is 37.9 Å². The Bertz CT molecular complexity index is 355. The van der Waals surface area contributed by atoms with Crippen LogP contribution in [0.1, 0.15) is 33.6 Å². The molecule has 0 amide bonds. The lowest BCUT2D eigenvalue weighted by Crippen LogP contribution is -2.09. The van der Waals surface area contributed by atoms with Crippen LogP contribution in [0.25, 0.3) is 0 Å². The summed E-state index contributed by atoms with van der Waals surface area (Å²) in [5.74, 6) is -0.621. The van der Waals surface area contributed by atoms with Crippen LogP contribution in [0.15, 0.2) is 24.3 Å². The third kappa shape index (κ3) is 10.3. The Kier molecular flexibility index (Phi) is 9.38. The van der Waals surface area contributed by atoms with E-state index >= 15 is 0 Å². The molecule has 1 saturated heterocycles. The van der Waals surface area contributed by atoms with Gasteiger partial charge in [-0.3, -0.25) is 0 Å². The van der Waals surface area contributed by atoms with Crippen molar-refractivity contribution in [2.75, 3.05) is 19.8 Å². The highest BCUT2D eigenvalue weighted by molar-refractivity contribution is 5.87. The Morgan fingerprint density at radius 1 is 1.15 bits per heavy atom. The van der Waals surface area contributed by atoms with Gasteiger partial charge in [0, 0.05) is 11.1 Å². The van der Waals surface area contributed by atoms with Gasteiger partial charge in [0.1, 0.15) is 12.7 Å². The van der Waals surface area contributed by atoms with Crippen LogP contribution < -0.4 is 0 Å². The topological polar surface area (TPSA) is 65.1 Å². The molecular weight excluding hydrogens is 260 g/mol. The molecule has 0 aliphatic carbocycles. The minimum atomic E-state index is -0.337. The van der Waals surface area contributed by atoms with Crippen molar-refractivity contribution in [1.82, 2.24) is 0 Å². The molecule has 1 heterocycles. The van der Waals surface area contributed by atoms with E-state index in [1.54, 1.807) is 13.8 Å². The Morgan fingerprint density at radius 3 is 2.05 bits per heavy atom. The molecule has 1 aliphatic heterocycles. The summed E-state index contributed by atoms with van der Waals surface area (Å²) in [6.07, 6.45) is 2.12. The first kappa shape index (κ1) is 18.4. The van der Waals surface area contributed by atoms with Crippen LogP contribution in [0.3, 0.4) is 0 Å². The second-order valence-electron chi connectivity index (χ2n) is 4.60. The average Bonchev–Trinajstić information content (AvgIpc) is 3.20. The van der Waals surface area contributed by atoms with Gasteiger partial charge < -0.3 is 14.2 Å². The molecule has 1 aliphatic rings. The molecule has 20 heavy (non-hydrogen) atoms. The third-order valence-electron chi connectivity index (χ3n) is 2.23. The lowest BCUT2D eigenvalue weighted by Gasteiger charge is -2.01. The molecule has 0 saturated carbocycles. The second-order valence-corrected chi connectivity index (χ2v) is 4.60. The van der Waals surface area contributed by atoms with E-state index in [1.807, 2.05) is 0 Å². The van der Waals surface area contributed by atoms with E-state index in [2.05, 4.69) is 20.1 Å². The van der Waals surface area contributed by atoms with Crippen molar-refractivity contribution in [2.45, 2.75) is 39.7 Å². The van der Waals surface area contributed by atoms with E-state index in [1.165, 1.54) is 0 Å². The summed E-state index contributed by atoms with van der Waals surface area (Å²) >= 11 is 0. The van der Waals surface area contributed by atoms with E-state index < -0.39 is 0 Å². The molecule has 1 rings (SSSR count). The van der Waals surface area contributed by atoms with Gasteiger partial charge in [0.2, 0.25) is 0 Å². The van der Waals surface area contributed by atoms with Crippen LogP contribution >= 0.6 is 0 Å². The lowest BCUT2D eigenvalue weighted by molar-refractivity contribution is -0.140. The number of rotatable bonds is 7. The van der Waals surface area contributed by atoms with E-state index in [0.717, 1.165) is 12.8 Å². The molecule has 5 nitrogen and oxygen atoms in total. The van der Waals surface area contributed by atoms with Gasteiger partial charge in [-0.15, -0.1) is 0 Å². The third-order valence-corrected chi connectivity index (χ3v) is 2.23. The van der Waals surface area contributed by atoms with Gasteiger partial charge >= 0.3 is 11.9 Å². The number of hydrogen-bond acceptors (Lipinski definition) is 5. The highest BCUT2D eigenvalue weighted by Crippen LogP contribution is 2.09. The van der Waals surface area contributed by atoms with Crippen LogP contribution in [0.4, 0.5) is 0 Å². The fraction of sp³-hybridized carbons (Fsp3) is 0.600. The molecule has 0 aromatic heterocycles. The summed E-state index contributed by atoms with van der Waals surface area (Å²) in [5.41, 5.74) is 0.900. The van der Waals surface area contributed by atoms with Crippen molar-refractivity contribution in [3.63, 3.8) is 0 Å². The highest BCUT2D eigenvalue weighted by atomic mass is 16.6. The molecule has 0 N–H and O–H groups in total. The summed E-state index contributed by atoms with van der Waals surface area (Å²) in [6.45, 7) is 13.8. The zero-order valence-electron chi connectivity index (χ0n) is 12.6. The maximum atomic E-state index is 10.7. The first-order valence-corrected chi connectivity index (χ1v) is 6.65. The minimum Gasteiger partial charge on any atom is -0.462 e. The van der Waals surface area contributed by atoms with Gasteiger partial charge in [0.05, 0.1) is 13.2 Å². The Labute approximate surface area is 120 Å². The number of ether oxygens (including phenoxy) is 3. The van der Waals surface area contributed by atoms with Crippen LogP contribution in [-0.2, 0) is 23.8 Å². The molecule has 0 radical (unpaired) electrons. The number of carbonyl (C=O) groups is 2. The normalized spacial score (nSPS) is 15.4. The Balaban J connectivity index is 0.000000361. The average molecular weight is 284 g/mol. The number of unbranched alkanes of at least 4 members (excludes halogenated alkanes) is 1. The quantitative estimate of drug-likeness (QED) is 0.311. The predicted molar refractivity (Wildman–Crippen MR) is 76.2 cm³/mol. The molecule has 1 atom stereocenters. The Morgan fingerprint density at radius 2 is 1.65 bits per heavy atom. The number of carbonyl (C=O) groups excluding carboxylic acids is 2. The van der Waals surface area contributed by atoms with Crippen LogP contribution in [0.2, 0.25) is 0 Å².